The maximum Gasteiger partial charge on any atom is 0.247 e. The molecule has 3 heterocycles. The molecule has 0 aliphatic carbocycles. The zero-order chi connectivity index (χ0) is 19.2. The average Bonchev–Trinajstić information content (AvgIpc) is 3.00. The number of rotatable bonds is 3. The lowest BCUT2D eigenvalue weighted by molar-refractivity contribution is 0.343. The zero-order valence-corrected chi connectivity index (χ0v) is 16.4. The van der Waals surface area contributed by atoms with Crippen molar-refractivity contribution < 1.29 is 8.42 Å². The summed E-state index contributed by atoms with van der Waals surface area (Å²) in [5, 5.41) is 6.88. The highest BCUT2D eigenvalue weighted by Crippen LogP contribution is 2.39. The Labute approximate surface area is 159 Å². The Morgan fingerprint density at radius 1 is 1.19 bits per heavy atom. The summed E-state index contributed by atoms with van der Waals surface area (Å²) in [6.45, 7) is 5.94. The lowest BCUT2D eigenvalue weighted by Crippen LogP contribution is -2.41. The Hall–Kier alpha value is -2.51. The molecule has 0 bridgehead atoms. The molecule has 0 fully saturated rings. The molecule has 2 aromatic heterocycles. The quantitative estimate of drug-likeness (QED) is 0.755. The first-order valence-corrected chi connectivity index (χ1v) is 10.4. The standard InChI is InChI=1S/C20H22N4O2S/c1-13-6-7-18-16(11-13)8-10-24(19(18)17-5-4-9-21-12-17)27(25,26)20-14(2)22-23-15(20)3/h4-7,9,11-12,19H,8,10H2,1-3H3,(H,22,23). The second-order valence-electron chi connectivity index (χ2n) is 7.02. The Kier molecular flexibility index (Phi) is 4.36. The van der Waals surface area contributed by atoms with Gasteiger partial charge in [0.15, 0.2) is 0 Å². The number of nitrogens with zero attached hydrogens (tertiary/aromatic N) is 3. The number of benzene rings is 1. The predicted octanol–water partition coefficient (Wildman–Crippen LogP) is 3.07. The number of aromatic amines is 1. The van der Waals surface area contributed by atoms with Crippen LogP contribution in [0, 0.1) is 20.8 Å². The molecule has 0 radical (unpaired) electrons. The SMILES string of the molecule is Cc1ccc2c(c1)CCN(S(=O)(=O)c1c(C)n[nH]c1C)C2c1cccnc1. The highest BCUT2D eigenvalue weighted by atomic mass is 32.2. The molecule has 27 heavy (non-hydrogen) atoms. The normalized spacial score (nSPS) is 17.7. The van der Waals surface area contributed by atoms with Crippen LogP contribution in [0.15, 0.2) is 47.6 Å². The molecule has 3 aromatic rings. The van der Waals surface area contributed by atoms with Crippen LogP contribution in [0.25, 0.3) is 0 Å². The van der Waals surface area contributed by atoms with Gasteiger partial charge in [-0.05, 0) is 49.9 Å². The van der Waals surface area contributed by atoms with E-state index >= 15 is 0 Å². The van der Waals surface area contributed by atoms with Gasteiger partial charge in [0, 0.05) is 18.9 Å². The molecular weight excluding hydrogens is 360 g/mol. The third-order valence-corrected chi connectivity index (χ3v) is 7.24. The van der Waals surface area contributed by atoms with Crippen LogP contribution >= 0.6 is 0 Å². The van der Waals surface area contributed by atoms with Crippen LogP contribution in [0.5, 0.6) is 0 Å². The Bertz CT molecular complexity index is 1070. The van der Waals surface area contributed by atoms with Crippen LogP contribution in [0.2, 0.25) is 0 Å². The summed E-state index contributed by atoms with van der Waals surface area (Å²) in [5.41, 5.74) is 5.30. The average molecular weight is 382 g/mol. The van der Waals surface area contributed by atoms with Crippen molar-refractivity contribution in [2.75, 3.05) is 6.54 Å². The molecule has 6 nitrogen and oxygen atoms in total. The molecular formula is C20H22N4O2S. The van der Waals surface area contributed by atoms with Crippen LogP contribution in [0.1, 0.15) is 39.7 Å². The van der Waals surface area contributed by atoms with Crippen LogP contribution in [-0.2, 0) is 16.4 Å². The summed E-state index contributed by atoms with van der Waals surface area (Å²) in [6.07, 6.45) is 4.13. The predicted molar refractivity (Wildman–Crippen MR) is 103 cm³/mol. The van der Waals surface area contributed by atoms with Gasteiger partial charge >= 0.3 is 0 Å². The first-order chi connectivity index (χ1) is 12.9. The Balaban J connectivity index is 1.91. The van der Waals surface area contributed by atoms with Gasteiger partial charge < -0.3 is 0 Å². The number of pyridine rings is 1. The Morgan fingerprint density at radius 2 is 2.00 bits per heavy atom. The molecule has 1 N–H and O–H groups in total. The van der Waals surface area contributed by atoms with E-state index in [9.17, 15) is 8.42 Å². The maximum absolute atomic E-state index is 13.6. The molecule has 0 spiro atoms. The van der Waals surface area contributed by atoms with E-state index in [2.05, 4.69) is 28.2 Å². The third-order valence-electron chi connectivity index (χ3n) is 5.11. The number of aromatic nitrogens is 3. The number of H-pyrrole nitrogens is 1. The van der Waals surface area contributed by atoms with Crippen LogP contribution < -0.4 is 0 Å². The number of nitrogens with one attached hydrogen (secondary N) is 1. The number of hydrogen-bond acceptors (Lipinski definition) is 4. The first kappa shape index (κ1) is 17.9. The molecule has 1 aliphatic rings. The minimum atomic E-state index is -3.72. The summed E-state index contributed by atoms with van der Waals surface area (Å²) in [5.74, 6) is 0. The topological polar surface area (TPSA) is 79.0 Å². The third kappa shape index (κ3) is 2.96. The van der Waals surface area contributed by atoms with Gasteiger partial charge in [-0.15, -0.1) is 0 Å². The van der Waals surface area contributed by atoms with E-state index in [1.165, 1.54) is 11.1 Å². The van der Waals surface area contributed by atoms with Gasteiger partial charge in [0.1, 0.15) is 4.90 Å². The largest absolute Gasteiger partial charge is 0.281 e. The molecule has 1 atom stereocenters. The summed E-state index contributed by atoms with van der Waals surface area (Å²) in [4.78, 5) is 4.50. The van der Waals surface area contributed by atoms with Crippen molar-refractivity contribution in [1.82, 2.24) is 19.5 Å². The van der Waals surface area contributed by atoms with Gasteiger partial charge in [-0.25, -0.2) is 8.42 Å². The monoisotopic (exact) mass is 382 g/mol. The molecule has 1 unspecified atom stereocenters. The number of sulfonamides is 1. The van der Waals surface area contributed by atoms with E-state index in [1.54, 1.807) is 30.5 Å². The van der Waals surface area contributed by atoms with Gasteiger partial charge in [-0.1, -0.05) is 29.8 Å². The minimum absolute atomic E-state index is 0.270. The Morgan fingerprint density at radius 3 is 2.67 bits per heavy atom. The highest BCUT2D eigenvalue weighted by molar-refractivity contribution is 7.89. The molecule has 0 saturated heterocycles. The van der Waals surface area contributed by atoms with Crippen molar-refractivity contribution in [2.45, 2.75) is 38.1 Å². The summed E-state index contributed by atoms with van der Waals surface area (Å²) >= 11 is 0. The molecule has 0 amide bonds. The zero-order valence-electron chi connectivity index (χ0n) is 15.6. The fraction of sp³-hybridized carbons (Fsp3) is 0.300. The van der Waals surface area contributed by atoms with Crippen LogP contribution in [-0.4, -0.2) is 34.4 Å². The smallest absolute Gasteiger partial charge is 0.247 e. The van der Waals surface area contributed by atoms with Gasteiger partial charge in [0.25, 0.3) is 0 Å². The lowest BCUT2D eigenvalue weighted by Gasteiger charge is -2.36. The van der Waals surface area contributed by atoms with E-state index in [-0.39, 0.29) is 4.90 Å². The van der Waals surface area contributed by atoms with Crippen molar-refractivity contribution in [1.29, 1.82) is 0 Å². The van der Waals surface area contributed by atoms with Gasteiger partial charge in [-0.3, -0.25) is 10.1 Å². The van der Waals surface area contributed by atoms with E-state index in [0.29, 0.717) is 24.4 Å². The fourth-order valence-corrected chi connectivity index (χ4v) is 5.84. The van der Waals surface area contributed by atoms with Gasteiger partial charge in [0.2, 0.25) is 10.0 Å². The maximum atomic E-state index is 13.6. The van der Waals surface area contributed by atoms with Gasteiger partial charge in [0.05, 0.1) is 17.4 Å². The molecule has 1 aromatic carbocycles. The van der Waals surface area contributed by atoms with E-state index in [0.717, 1.165) is 11.1 Å². The first-order valence-electron chi connectivity index (χ1n) is 8.92. The second-order valence-corrected chi connectivity index (χ2v) is 8.85. The van der Waals surface area contributed by atoms with Crippen molar-refractivity contribution in [2.24, 2.45) is 0 Å². The minimum Gasteiger partial charge on any atom is -0.281 e. The van der Waals surface area contributed by atoms with E-state index in [4.69, 9.17) is 0 Å². The van der Waals surface area contributed by atoms with Crippen LogP contribution in [0.4, 0.5) is 0 Å². The van der Waals surface area contributed by atoms with E-state index < -0.39 is 16.1 Å². The number of hydrogen-bond donors (Lipinski definition) is 1. The summed E-state index contributed by atoms with van der Waals surface area (Å²) in [6, 6.07) is 9.60. The molecule has 0 saturated carbocycles. The fourth-order valence-electron chi connectivity index (χ4n) is 3.91. The van der Waals surface area contributed by atoms with Crippen molar-refractivity contribution in [3.63, 3.8) is 0 Å². The molecule has 7 heteroatoms. The van der Waals surface area contributed by atoms with Crippen LogP contribution in [0.3, 0.4) is 0 Å². The second kappa shape index (κ2) is 6.58. The lowest BCUT2D eigenvalue weighted by atomic mass is 9.89. The molecule has 140 valence electrons. The number of aryl methyl sites for hydroxylation is 3. The molecule has 1 aliphatic heterocycles. The molecule has 4 rings (SSSR count). The number of fused-ring (bicyclic) bond motifs is 1. The van der Waals surface area contributed by atoms with E-state index in [1.807, 2.05) is 24.3 Å². The van der Waals surface area contributed by atoms with Crippen molar-refractivity contribution >= 4 is 10.0 Å². The van der Waals surface area contributed by atoms with Crippen molar-refractivity contribution in [3.05, 3.63) is 76.4 Å². The summed E-state index contributed by atoms with van der Waals surface area (Å²) in [7, 11) is -3.72. The van der Waals surface area contributed by atoms with Crippen molar-refractivity contribution in [3.8, 4) is 0 Å². The van der Waals surface area contributed by atoms with Gasteiger partial charge in [-0.2, -0.15) is 9.40 Å². The highest BCUT2D eigenvalue weighted by Gasteiger charge is 2.39. The summed E-state index contributed by atoms with van der Waals surface area (Å²) < 4.78 is 28.8.